The molecular weight excluding hydrogens is 419 g/mol. The molecule has 140 valence electrons. The maximum atomic E-state index is 5.07. The van der Waals surface area contributed by atoms with E-state index >= 15 is 0 Å². The summed E-state index contributed by atoms with van der Waals surface area (Å²) in [6.45, 7) is 9.45. The van der Waals surface area contributed by atoms with Gasteiger partial charge in [0.15, 0.2) is 11.8 Å². The van der Waals surface area contributed by atoms with Gasteiger partial charge in [-0.1, -0.05) is 13.8 Å². The lowest BCUT2D eigenvalue weighted by molar-refractivity contribution is 0.195. The Morgan fingerprint density at radius 2 is 1.88 bits per heavy atom. The Hall–Kier alpha value is -0.900. The Bertz CT molecular complexity index is 475. The van der Waals surface area contributed by atoms with Crippen molar-refractivity contribution >= 4 is 29.9 Å². The number of methoxy groups -OCH3 is 1. The van der Waals surface area contributed by atoms with Crippen molar-refractivity contribution in [2.75, 3.05) is 26.8 Å². The largest absolute Gasteiger partial charge is 0.385 e. The molecule has 0 aromatic carbocycles. The molecule has 0 spiro atoms. The molecule has 0 aliphatic heterocycles. The Morgan fingerprint density at radius 3 is 2.42 bits per heavy atom. The summed E-state index contributed by atoms with van der Waals surface area (Å²) in [6.07, 6.45) is 3.30. The highest BCUT2D eigenvalue weighted by molar-refractivity contribution is 14.0. The number of aromatic nitrogens is 3. The van der Waals surface area contributed by atoms with Crippen molar-refractivity contribution in [2.24, 2.45) is 18.0 Å². The molecular formula is C16H33IN6O. The third kappa shape index (κ3) is 9.41. The highest BCUT2D eigenvalue weighted by Gasteiger charge is 2.05. The maximum Gasteiger partial charge on any atom is 0.191 e. The SMILES string of the molecule is COCCCNC(=NCc1nnc(C)n1C)NCCCC(C)C.I. The van der Waals surface area contributed by atoms with Crippen LogP contribution in [0.4, 0.5) is 0 Å². The molecule has 0 saturated heterocycles. The van der Waals surface area contributed by atoms with Crippen LogP contribution in [0.1, 0.15) is 44.8 Å². The topological polar surface area (TPSA) is 76.4 Å². The Balaban J connectivity index is 0.00000529. The second-order valence-electron chi connectivity index (χ2n) is 6.12. The fourth-order valence-electron chi connectivity index (χ4n) is 2.05. The number of nitrogens with one attached hydrogen (secondary N) is 2. The predicted molar refractivity (Wildman–Crippen MR) is 109 cm³/mol. The van der Waals surface area contributed by atoms with Crippen LogP contribution in [0.3, 0.4) is 0 Å². The van der Waals surface area contributed by atoms with E-state index in [2.05, 4.69) is 39.7 Å². The molecule has 1 aromatic rings. The first kappa shape index (κ1) is 23.1. The number of nitrogens with zero attached hydrogens (tertiary/aromatic N) is 4. The molecule has 2 N–H and O–H groups in total. The van der Waals surface area contributed by atoms with E-state index in [1.165, 1.54) is 6.42 Å². The lowest BCUT2D eigenvalue weighted by Crippen LogP contribution is -2.38. The van der Waals surface area contributed by atoms with Crippen molar-refractivity contribution in [3.8, 4) is 0 Å². The van der Waals surface area contributed by atoms with Gasteiger partial charge in [0.2, 0.25) is 0 Å². The smallest absolute Gasteiger partial charge is 0.191 e. The van der Waals surface area contributed by atoms with Gasteiger partial charge in [0.1, 0.15) is 12.4 Å². The molecule has 0 amide bonds. The molecule has 0 bridgehead atoms. The van der Waals surface area contributed by atoms with E-state index in [1.54, 1.807) is 7.11 Å². The van der Waals surface area contributed by atoms with E-state index in [9.17, 15) is 0 Å². The quantitative estimate of drug-likeness (QED) is 0.247. The number of hydrogen-bond acceptors (Lipinski definition) is 4. The molecule has 7 nitrogen and oxygen atoms in total. The number of guanidine groups is 1. The van der Waals surface area contributed by atoms with Crippen LogP contribution in [0.2, 0.25) is 0 Å². The molecule has 0 atom stereocenters. The molecule has 1 rings (SSSR count). The maximum absolute atomic E-state index is 5.07. The molecule has 0 unspecified atom stereocenters. The summed E-state index contributed by atoms with van der Waals surface area (Å²) >= 11 is 0. The minimum absolute atomic E-state index is 0. The van der Waals surface area contributed by atoms with Crippen molar-refractivity contribution in [2.45, 2.75) is 46.6 Å². The molecule has 1 heterocycles. The summed E-state index contributed by atoms with van der Waals surface area (Å²) in [5, 5.41) is 14.9. The van der Waals surface area contributed by atoms with Crippen molar-refractivity contribution in [3.63, 3.8) is 0 Å². The van der Waals surface area contributed by atoms with Crippen LogP contribution in [0.25, 0.3) is 0 Å². The average Bonchev–Trinajstić information content (AvgIpc) is 2.84. The van der Waals surface area contributed by atoms with Crippen molar-refractivity contribution in [1.82, 2.24) is 25.4 Å². The van der Waals surface area contributed by atoms with E-state index in [0.29, 0.717) is 6.54 Å². The molecule has 0 aliphatic rings. The summed E-state index contributed by atoms with van der Waals surface area (Å²) in [7, 11) is 3.68. The molecule has 0 radical (unpaired) electrons. The summed E-state index contributed by atoms with van der Waals surface area (Å²) in [4.78, 5) is 4.61. The van der Waals surface area contributed by atoms with Gasteiger partial charge in [-0.2, -0.15) is 0 Å². The molecule has 24 heavy (non-hydrogen) atoms. The Morgan fingerprint density at radius 1 is 1.21 bits per heavy atom. The summed E-state index contributed by atoms with van der Waals surface area (Å²) in [5.74, 6) is 3.32. The average molecular weight is 452 g/mol. The lowest BCUT2D eigenvalue weighted by atomic mass is 10.1. The van der Waals surface area contributed by atoms with Gasteiger partial charge in [-0.15, -0.1) is 34.2 Å². The number of aryl methyl sites for hydroxylation is 1. The van der Waals surface area contributed by atoms with Crippen molar-refractivity contribution in [3.05, 3.63) is 11.6 Å². The first-order valence-electron chi connectivity index (χ1n) is 8.40. The van der Waals surface area contributed by atoms with Crippen LogP contribution in [-0.4, -0.2) is 47.5 Å². The van der Waals surface area contributed by atoms with Gasteiger partial charge >= 0.3 is 0 Å². The Labute approximate surface area is 163 Å². The first-order valence-corrected chi connectivity index (χ1v) is 8.40. The third-order valence-corrected chi connectivity index (χ3v) is 3.63. The number of hydrogen-bond donors (Lipinski definition) is 2. The van der Waals surface area contributed by atoms with E-state index in [0.717, 1.165) is 56.1 Å². The first-order chi connectivity index (χ1) is 11.0. The minimum atomic E-state index is 0. The molecule has 8 heteroatoms. The molecule has 0 aliphatic carbocycles. The lowest BCUT2D eigenvalue weighted by Gasteiger charge is -2.13. The molecule has 0 saturated carbocycles. The van der Waals surface area contributed by atoms with Gasteiger partial charge in [-0.05, 0) is 32.1 Å². The van der Waals surface area contributed by atoms with E-state index in [1.807, 2.05) is 18.5 Å². The fourth-order valence-corrected chi connectivity index (χ4v) is 2.05. The second-order valence-corrected chi connectivity index (χ2v) is 6.12. The zero-order valence-corrected chi connectivity index (χ0v) is 18.0. The van der Waals surface area contributed by atoms with Crippen LogP contribution < -0.4 is 10.6 Å². The number of ether oxygens (including phenoxy) is 1. The highest BCUT2D eigenvalue weighted by atomic mass is 127. The number of halogens is 1. The van der Waals surface area contributed by atoms with Gasteiger partial charge in [0.05, 0.1) is 0 Å². The van der Waals surface area contributed by atoms with Gasteiger partial charge < -0.3 is 19.9 Å². The zero-order valence-electron chi connectivity index (χ0n) is 15.6. The highest BCUT2D eigenvalue weighted by Crippen LogP contribution is 2.02. The van der Waals surface area contributed by atoms with Crippen LogP contribution in [0.15, 0.2) is 4.99 Å². The van der Waals surface area contributed by atoms with Gasteiger partial charge in [0, 0.05) is 33.9 Å². The minimum Gasteiger partial charge on any atom is -0.385 e. The second kappa shape index (κ2) is 13.4. The monoisotopic (exact) mass is 452 g/mol. The number of aliphatic imine (C=N–C) groups is 1. The Kier molecular flexibility index (Phi) is 12.9. The van der Waals surface area contributed by atoms with E-state index in [4.69, 9.17) is 4.74 Å². The van der Waals surface area contributed by atoms with Crippen LogP contribution >= 0.6 is 24.0 Å². The summed E-state index contributed by atoms with van der Waals surface area (Å²) < 4.78 is 7.04. The van der Waals surface area contributed by atoms with Crippen LogP contribution in [0, 0.1) is 12.8 Å². The van der Waals surface area contributed by atoms with Gasteiger partial charge in [-0.3, -0.25) is 0 Å². The van der Waals surface area contributed by atoms with Crippen LogP contribution in [-0.2, 0) is 18.3 Å². The number of rotatable bonds is 10. The predicted octanol–water partition coefficient (Wildman–Crippen LogP) is 2.25. The zero-order chi connectivity index (χ0) is 17.1. The normalized spacial score (nSPS) is 11.5. The van der Waals surface area contributed by atoms with Crippen LogP contribution in [0.5, 0.6) is 0 Å². The molecule has 0 fully saturated rings. The summed E-state index contributed by atoms with van der Waals surface area (Å²) in [6, 6.07) is 0. The standard InChI is InChI=1S/C16H32N6O.HI/c1-13(2)8-6-9-17-16(18-10-7-11-23-5)19-12-15-21-20-14(3)22(15)4;/h13H,6-12H2,1-5H3,(H2,17,18,19);1H. The van der Waals surface area contributed by atoms with Gasteiger partial charge in [0.25, 0.3) is 0 Å². The van der Waals surface area contributed by atoms with E-state index < -0.39 is 0 Å². The van der Waals surface area contributed by atoms with Gasteiger partial charge in [-0.25, -0.2) is 4.99 Å². The van der Waals surface area contributed by atoms with Crippen molar-refractivity contribution < 1.29 is 4.74 Å². The molecule has 1 aromatic heterocycles. The fraction of sp³-hybridized carbons (Fsp3) is 0.812. The van der Waals surface area contributed by atoms with Crippen molar-refractivity contribution in [1.29, 1.82) is 0 Å². The summed E-state index contributed by atoms with van der Waals surface area (Å²) in [5.41, 5.74) is 0. The third-order valence-electron chi connectivity index (χ3n) is 3.63. The van der Waals surface area contributed by atoms with E-state index in [-0.39, 0.29) is 24.0 Å².